The molecule has 4 fully saturated rings. The zero-order valence-electron chi connectivity index (χ0n) is 15.5. The average Bonchev–Trinajstić information content (AvgIpc) is 3.29. The van der Waals surface area contributed by atoms with Crippen LogP contribution in [0.5, 0.6) is 0 Å². The zero-order valence-corrected chi connectivity index (χ0v) is 16.2. The van der Waals surface area contributed by atoms with Crippen LogP contribution in [-0.4, -0.2) is 37.7 Å². The number of carbonyl (C=O) groups excluding carboxylic acids is 1. The van der Waals surface area contributed by atoms with Crippen molar-refractivity contribution in [3.8, 4) is 0 Å². The number of fused-ring (bicyclic) bond motifs is 1. The normalized spacial score (nSPS) is 48.8. The van der Waals surface area contributed by atoms with Crippen molar-refractivity contribution in [2.24, 2.45) is 17.3 Å². The fourth-order valence-electron chi connectivity index (χ4n) is 8.69. The van der Waals surface area contributed by atoms with Crippen LogP contribution in [0, 0.1) is 17.3 Å². The summed E-state index contributed by atoms with van der Waals surface area (Å²) < 4.78 is 5.33. The van der Waals surface area contributed by atoms with Gasteiger partial charge in [0.2, 0.25) is 0 Å². The minimum absolute atomic E-state index is 0. The van der Waals surface area contributed by atoms with Crippen LogP contribution in [0.4, 0.5) is 5.69 Å². The lowest BCUT2D eigenvalue weighted by Crippen LogP contribution is -3.17. The van der Waals surface area contributed by atoms with E-state index < -0.39 is 0 Å². The van der Waals surface area contributed by atoms with E-state index in [1.165, 1.54) is 43.6 Å². The topological polar surface area (TPSA) is 42.8 Å². The Balaban J connectivity index is 0.00000150. The summed E-state index contributed by atoms with van der Waals surface area (Å²) in [5.74, 6) is 0.492. The monoisotopic (exact) mass is 374 g/mol. The van der Waals surface area contributed by atoms with E-state index in [4.69, 9.17) is 4.74 Å². The van der Waals surface area contributed by atoms with Gasteiger partial charge in [0.15, 0.2) is 0 Å². The van der Waals surface area contributed by atoms with E-state index in [2.05, 4.69) is 36.5 Å². The fourth-order valence-corrected chi connectivity index (χ4v) is 8.69. The number of methoxy groups -OCH3 is 1. The highest BCUT2D eigenvalue weighted by Gasteiger charge is 2.88. The second kappa shape index (κ2) is 4.96. The standard InChI is InChI=1S/C21H26N2O2.ClH/c1-13-19-8-5-10-23-11-9-20(18(19)23)14-6-3-4-7-16(14)22-21(13,20)15(12-19)17(24)25-2;/h3-4,6-7,13,15,18,22H,5,8-12H2,1-2H3;1H. The number of carbonyl (C=O) groups is 1. The van der Waals surface area contributed by atoms with E-state index in [0.29, 0.717) is 17.4 Å². The highest BCUT2D eigenvalue weighted by Crippen LogP contribution is 2.77. The number of anilines is 1. The van der Waals surface area contributed by atoms with Gasteiger partial charge in [0.1, 0.15) is 6.04 Å². The van der Waals surface area contributed by atoms with Crippen molar-refractivity contribution in [2.45, 2.75) is 49.6 Å². The zero-order chi connectivity index (χ0) is 17.0. The van der Waals surface area contributed by atoms with Gasteiger partial charge in [-0.1, -0.05) is 25.1 Å². The summed E-state index contributed by atoms with van der Waals surface area (Å²) in [5.41, 5.74) is 3.00. The van der Waals surface area contributed by atoms with Crippen molar-refractivity contribution in [1.29, 1.82) is 0 Å². The molecular formula is C21H27ClN2O2. The van der Waals surface area contributed by atoms with Gasteiger partial charge < -0.3 is 27.4 Å². The molecule has 0 aromatic heterocycles. The van der Waals surface area contributed by atoms with Gasteiger partial charge in [-0.2, -0.15) is 0 Å². The third-order valence-corrected chi connectivity index (χ3v) is 9.11. The third kappa shape index (κ3) is 1.40. The molecule has 5 aliphatic rings. The summed E-state index contributed by atoms with van der Waals surface area (Å²) in [5, 5.41) is 3.97. The van der Waals surface area contributed by atoms with Crippen molar-refractivity contribution in [1.82, 2.24) is 0 Å². The van der Waals surface area contributed by atoms with Gasteiger partial charge in [-0.3, -0.25) is 4.79 Å². The van der Waals surface area contributed by atoms with E-state index in [-0.39, 0.29) is 35.2 Å². The van der Waals surface area contributed by atoms with Crippen molar-refractivity contribution < 1.29 is 26.8 Å². The van der Waals surface area contributed by atoms with Gasteiger partial charge in [-0.05, 0) is 36.8 Å². The first kappa shape index (κ1) is 16.9. The summed E-state index contributed by atoms with van der Waals surface area (Å²) in [6.45, 7) is 5.00. The molecule has 1 aromatic carbocycles. The number of para-hydroxylation sites is 1. The molecule has 1 aromatic rings. The maximum absolute atomic E-state index is 12.9. The Morgan fingerprint density at radius 2 is 2.08 bits per heavy atom. The van der Waals surface area contributed by atoms with Crippen molar-refractivity contribution in [3.05, 3.63) is 29.8 Å². The Bertz CT molecular complexity index is 800. The van der Waals surface area contributed by atoms with Crippen LogP contribution in [0.3, 0.4) is 0 Å². The molecule has 0 radical (unpaired) electrons. The Morgan fingerprint density at radius 3 is 2.88 bits per heavy atom. The number of hydrogen-bond donors (Lipinski definition) is 2. The summed E-state index contributed by atoms with van der Waals surface area (Å²) in [6, 6.07) is 9.54. The quantitative estimate of drug-likeness (QED) is 0.580. The van der Waals surface area contributed by atoms with Crippen LogP contribution in [0.2, 0.25) is 0 Å². The Labute approximate surface area is 161 Å². The van der Waals surface area contributed by atoms with E-state index in [1.807, 2.05) is 4.90 Å². The molecule has 2 bridgehead atoms. The summed E-state index contributed by atoms with van der Waals surface area (Å²) in [7, 11) is 1.56. The number of nitrogens with one attached hydrogen (secondary N) is 2. The van der Waals surface area contributed by atoms with Crippen molar-refractivity contribution >= 4 is 11.7 Å². The van der Waals surface area contributed by atoms with Crippen molar-refractivity contribution in [3.63, 3.8) is 0 Å². The number of quaternary nitrogens is 1. The smallest absolute Gasteiger partial charge is 0.311 e. The molecule has 0 amide bonds. The van der Waals surface area contributed by atoms with Gasteiger partial charge in [-0.15, -0.1) is 0 Å². The first-order valence-electron chi connectivity index (χ1n) is 9.92. The molecule has 7 atom stereocenters. The SMILES string of the molecule is COC(=O)C1CC23CCC[NH+]4CCC5(c6ccccc6NC15C2C)C43.[Cl-]. The third-order valence-electron chi connectivity index (χ3n) is 9.11. The minimum Gasteiger partial charge on any atom is -1.00 e. The van der Waals surface area contributed by atoms with E-state index in [1.54, 1.807) is 7.11 Å². The second-order valence-corrected chi connectivity index (χ2v) is 9.19. The van der Waals surface area contributed by atoms with Gasteiger partial charge in [-0.25, -0.2) is 0 Å². The second-order valence-electron chi connectivity index (χ2n) is 9.19. The fraction of sp³-hybridized carbons (Fsp3) is 0.667. The number of esters is 1. The molecule has 3 aliphatic heterocycles. The van der Waals surface area contributed by atoms with E-state index in [0.717, 1.165) is 6.42 Å². The number of ether oxygens (including phenoxy) is 1. The lowest BCUT2D eigenvalue weighted by molar-refractivity contribution is -0.928. The molecule has 7 unspecified atom stereocenters. The average molecular weight is 375 g/mol. The van der Waals surface area contributed by atoms with Gasteiger partial charge in [0.25, 0.3) is 0 Å². The molecule has 2 saturated carbocycles. The Hall–Kier alpha value is -1.26. The number of rotatable bonds is 1. The molecule has 3 spiro atoms. The van der Waals surface area contributed by atoms with Gasteiger partial charge in [0, 0.05) is 17.5 Å². The van der Waals surface area contributed by atoms with Crippen molar-refractivity contribution in [2.75, 3.05) is 25.5 Å². The molecule has 5 heteroatoms. The number of benzene rings is 1. The summed E-state index contributed by atoms with van der Waals surface area (Å²) in [6.07, 6.45) is 4.80. The molecule has 140 valence electrons. The molecule has 2 aliphatic carbocycles. The Kier molecular flexibility index (Phi) is 3.22. The molecule has 26 heavy (non-hydrogen) atoms. The van der Waals surface area contributed by atoms with Crippen LogP contribution in [0.25, 0.3) is 0 Å². The van der Waals surface area contributed by atoms with Crippen LogP contribution in [0.15, 0.2) is 24.3 Å². The van der Waals surface area contributed by atoms with E-state index >= 15 is 0 Å². The molecule has 2 N–H and O–H groups in total. The lowest BCUT2D eigenvalue weighted by Gasteiger charge is -2.49. The highest BCUT2D eigenvalue weighted by atomic mass is 35.5. The van der Waals surface area contributed by atoms with Crippen LogP contribution >= 0.6 is 0 Å². The van der Waals surface area contributed by atoms with Crippen LogP contribution in [-0.2, 0) is 14.9 Å². The molecule has 2 saturated heterocycles. The maximum Gasteiger partial charge on any atom is 0.311 e. The molecule has 3 heterocycles. The summed E-state index contributed by atoms with van der Waals surface area (Å²) in [4.78, 5) is 14.7. The first-order chi connectivity index (χ1) is 12.1. The predicted molar refractivity (Wildman–Crippen MR) is 94.5 cm³/mol. The van der Waals surface area contributed by atoms with Crippen LogP contribution in [0.1, 0.15) is 38.2 Å². The predicted octanol–water partition coefficient (Wildman–Crippen LogP) is -1.63. The molecule has 4 nitrogen and oxygen atoms in total. The minimum atomic E-state index is -0.152. The highest BCUT2D eigenvalue weighted by molar-refractivity contribution is 5.81. The van der Waals surface area contributed by atoms with E-state index in [9.17, 15) is 4.79 Å². The van der Waals surface area contributed by atoms with Gasteiger partial charge in [0.05, 0.1) is 37.1 Å². The lowest BCUT2D eigenvalue weighted by atomic mass is 9.56. The maximum atomic E-state index is 12.9. The molecular weight excluding hydrogens is 348 g/mol. The Morgan fingerprint density at radius 1 is 1.27 bits per heavy atom. The number of piperidine rings is 1. The number of halogens is 1. The largest absolute Gasteiger partial charge is 1.00 e. The van der Waals surface area contributed by atoms with Gasteiger partial charge >= 0.3 is 5.97 Å². The first-order valence-corrected chi connectivity index (χ1v) is 9.92. The van der Waals surface area contributed by atoms with Crippen LogP contribution < -0.4 is 22.6 Å². The number of hydrogen-bond acceptors (Lipinski definition) is 3. The summed E-state index contributed by atoms with van der Waals surface area (Å²) >= 11 is 0. The molecule has 6 rings (SSSR count).